The molecule has 0 spiro atoms. The lowest BCUT2D eigenvalue weighted by Crippen LogP contribution is -2.36. The van der Waals surface area contributed by atoms with E-state index in [1.165, 1.54) is 5.69 Å². The molecule has 134 valence electrons. The number of furan rings is 1. The quantitative estimate of drug-likeness (QED) is 0.731. The molecule has 1 saturated heterocycles. The molecular formula is C20H20N2O4. The Bertz CT molecular complexity index is 911. The topological polar surface area (TPSA) is 74.9 Å². The Kier molecular flexibility index (Phi) is 4.50. The van der Waals surface area contributed by atoms with Gasteiger partial charge >= 0.3 is 5.97 Å². The van der Waals surface area contributed by atoms with Crippen LogP contribution in [0.3, 0.4) is 0 Å². The summed E-state index contributed by atoms with van der Waals surface area (Å²) in [4.78, 5) is 13.3. The van der Waals surface area contributed by atoms with Crippen LogP contribution in [0.25, 0.3) is 11.0 Å². The minimum atomic E-state index is -1.05. The van der Waals surface area contributed by atoms with E-state index in [9.17, 15) is 4.79 Å². The van der Waals surface area contributed by atoms with Gasteiger partial charge < -0.3 is 24.5 Å². The van der Waals surface area contributed by atoms with Gasteiger partial charge in [0.2, 0.25) is 5.76 Å². The van der Waals surface area contributed by atoms with Crippen molar-refractivity contribution >= 4 is 28.3 Å². The van der Waals surface area contributed by atoms with Crippen LogP contribution in [0.1, 0.15) is 16.1 Å². The lowest BCUT2D eigenvalue weighted by atomic mass is 10.1. The van der Waals surface area contributed by atoms with Gasteiger partial charge in [-0.1, -0.05) is 6.07 Å². The predicted octanol–water partition coefficient (Wildman–Crippen LogP) is 3.58. The second-order valence-electron chi connectivity index (χ2n) is 6.29. The van der Waals surface area contributed by atoms with Crippen molar-refractivity contribution in [3.63, 3.8) is 0 Å². The monoisotopic (exact) mass is 352 g/mol. The lowest BCUT2D eigenvalue weighted by molar-refractivity contribution is 0.0665. The van der Waals surface area contributed by atoms with E-state index in [4.69, 9.17) is 14.3 Å². The molecule has 1 aromatic heterocycles. The summed E-state index contributed by atoms with van der Waals surface area (Å²) in [6.45, 7) is 4.06. The maximum absolute atomic E-state index is 11.0. The molecule has 0 unspecified atom stereocenters. The normalized spacial score (nSPS) is 14.5. The number of hydrogen-bond donors (Lipinski definition) is 2. The van der Waals surface area contributed by atoms with E-state index in [0.717, 1.165) is 42.9 Å². The fraction of sp³-hybridized carbons (Fsp3) is 0.250. The van der Waals surface area contributed by atoms with E-state index in [1.54, 1.807) is 12.1 Å². The van der Waals surface area contributed by atoms with Crippen molar-refractivity contribution in [1.29, 1.82) is 0 Å². The van der Waals surface area contributed by atoms with Gasteiger partial charge in [0.25, 0.3) is 0 Å². The second kappa shape index (κ2) is 7.09. The van der Waals surface area contributed by atoms with Gasteiger partial charge in [-0.25, -0.2) is 4.79 Å². The third kappa shape index (κ3) is 3.50. The first-order valence-electron chi connectivity index (χ1n) is 8.61. The third-order valence-electron chi connectivity index (χ3n) is 4.53. The molecule has 4 rings (SSSR count). The molecule has 0 bridgehead atoms. The predicted molar refractivity (Wildman–Crippen MR) is 100.0 cm³/mol. The molecule has 6 heteroatoms. The van der Waals surface area contributed by atoms with Crippen LogP contribution in [0.4, 0.5) is 11.4 Å². The Morgan fingerprint density at radius 1 is 1.08 bits per heavy atom. The van der Waals surface area contributed by atoms with Gasteiger partial charge in [0, 0.05) is 36.4 Å². The number of carbonyl (C=O) groups is 1. The zero-order valence-electron chi connectivity index (χ0n) is 14.3. The van der Waals surface area contributed by atoms with E-state index in [1.807, 2.05) is 12.1 Å². The average molecular weight is 352 g/mol. The van der Waals surface area contributed by atoms with Crippen molar-refractivity contribution in [2.24, 2.45) is 0 Å². The Hall–Kier alpha value is -2.99. The molecule has 0 saturated carbocycles. The van der Waals surface area contributed by atoms with Crippen molar-refractivity contribution < 1.29 is 19.1 Å². The van der Waals surface area contributed by atoms with E-state index < -0.39 is 5.97 Å². The first-order chi connectivity index (χ1) is 12.7. The fourth-order valence-electron chi connectivity index (χ4n) is 3.12. The summed E-state index contributed by atoms with van der Waals surface area (Å²) < 4.78 is 10.7. The van der Waals surface area contributed by atoms with Crippen LogP contribution in [0, 0.1) is 0 Å². The third-order valence-corrected chi connectivity index (χ3v) is 4.53. The Morgan fingerprint density at radius 3 is 2.58 bits per heavy atom. The number of anilines is 2. The number of benzene rings is 2. The number of ether oxygens (including phenoxy) is 1. The number of carboxylic acid groups (broad SMARTS) is 1. The lowest BCUT2D eigenvalue weighted by Gasteiger charge is -2.28. The van der Waals surface area contributed by atoms with Crippen molar-refractivity contribution in [3.05, 3.63) is 59.9 Å². The van der Waals surface area contributed by atoms with Crippen LogP contribution in [0.15, 0.2) is 52.9 Å². The van der Waals surface area contributed by atoms with Crippen LogP contribution in [-0.2, 0) is 11.3 Å². The summed E-state index contributed by atoms with van der Waals surface area (Å²) in [7, 11) is 0. The molecule has 0 amide bonds. The van der Waals surface area contributed by atoms with Crippen molar-refractivity contribution in [2.45, 2.75) is 6.54 Å². The van der Waals surface area contributed by atoms with Gasteiger partial charge in [-0.05, 0) is 48.0 Å². The standard InChI is InChI=1S/C20H20N2O4/c23-20(24)19-12-15-11-14(1-6-18(15)26-19)13-21-16-2-4-17(5-3-16)22-7-9-25-10-8-22/h1-6,11-12,21H,7-10,13H2,(H,23,24). The zero-order chi connectivity index (χ0) is 17.9. The van der Waals surface area contributed by atoms with Gasteiger partial charge in [0.15, 0.2) is 0 Å². The Labute approximate surface area is 151 Å². The number of morpholine rings is 1. The molecule has 2 N–H and O–H groups in total. The minimum Gasteiger partial charge on any atom is -0.475 e. The first-order valence-corrected chi connectivity index (χ1v) is 8.61. The van der Waals surface area contributed by atoms with Gasteiger partial charge in [0.1, 0.15) is 5.58 Å². The highest BCUT2D eigenvalue weighted by Gasteiger charge is 2.12. The molecule has 1 aliphatic heterocycles. The molecule has 26 heavy (non-hydrogen) atoms. The SMILES string of the molecule is O=C(O)c1cc2cc(CNc3ccc(N4CCOCC4)cc3)ccc2o1. The van der Waals surface area contributed by atoms with E-state index in [-0.39, 0.29) is 5.76 Å². The van der Waals surface area contributed by atoms with Crippen molar-refractivity contribution in [1.82, 2.24) is 0 Å². The summed E-state index contributed by atoms with van der Waals surface area (Å²) in [5, 5.41) is 13.2. The number of hydrogen-bond acceptors (Lipinski definition) is 5. The summed E-state index contributed by atoms with van der Waals surface area (Å²) in [5.74, 6) is -1.09. The van der Waals surface area contributed by atoms with Gasteiger partial charge in [-0.3, -0.25) is 0 Å². The van der Waals surface area contributed by atoms with E-state index in [0.29, 0.717) is 12.1 Å². The summed E-state index contributed by atoms with van der Waals surface area (Å²) in [6, 6.07) is 15.6. The molecular weight excluding hydrogens is 332 g/mol. The molecule has 2 aromatic carbocycles. The smallest absolute Gasteiger partial charge is 0.371 e. The minimum absolute atomic E-state index is 0.0381. The highest BCUT2D eigenvalue weighted by atomic mass is 16.5. The van der Waals surface area contributed by atoms with Gasteiger partial charge in [-0.2, -0.15) is 0 Å². The van der Waals surface area contributed by atoms with Crippen LogP contribution >= 0.6 is 0 Å². The number of nitrogens with one attached hydrogen (secondary N) is 1. The number of fused-ring (bicyclic) bond motifs is 1. The molecule has 3 aromatic rings. The highest BCUT2D eigenvalue weighted by Crippen LogP contribution is 2.22. The number of rotatable bonds is 5. The average Bonchev–Trinajstić information content (AvgIpc) is 3.11. The van der Waals surface area contributed by atoms with Crippen molar-refractivity contribution in [3.8, 4) is 0 Å². The van der Waals surface area contributed by atoms with Crippen LogP contribution < -0.4 is 10.2 Å². The van der Waals surface area contributed by atoms with E-state index in [2.05, 4.69) is 34.5 Å². The second-order valence-corrected chi connectivity index (χ2v) is 6.29. The largest absolute Gasteiger partial charge is 0.475 e. The van der Waals surface area contributed by atoms with Crippen molar-refractivity contribution in [2.75, 3.05) is 36.5 Å². The molecule has 2 heterocycles. The summed E-state index contributed by atoms with van der Waals surface area (Å²) >= 11 is 0. The molecule has 1 fully saturated rings. The highest BCUT2D eigenvalue weighted by molar-refractivity contribution is 5.91. The van der Waals surface area contributed by atoms with Gasteiger partial charge in [-0.15, -0.1) is 0 Å². The first kappa shape index (κ1) is 16.5. The number of carboxylic acids is 1. The Balaban J connectivity index is 1.41. The maximum Gasteiger partial charge on any atom is 0.371 e. The Morgan fingerprint density at radius 2 is 1.85 bits per heavy atom. The van der Waals surface area contributed by atoms with Crippen LogP contribution in [0.2, 0.25) is 0 Å². The molecule has 0 aliphatic carbocycles. The summed E-state index contributed by atoms with van der Waals surface area (Å²) in [5.41, 5.74) is 3.90. The molecule has 0 atom stereocenters. The molecule has 6 nitrogen and oxygen atoms in total. The van der Waals surface area contributed by atoms with Crippen LogP contribution in [0.5, 0.6) is 0 Å². The molecule has 0 radical (unpaired) electrons. The number of aromatic carboxylic acids is 1. The maximum atomic E-state index is 11.0. The zero-order valence-corrected chi connectivity index (χ0v) is 14.3. The molecule has 1 aliphatic rings. The van der Waals surface area contributed by atoms with E-state index >= 15 is 0 Å². The number of nitrogens with zero attached hydrogens (tertiary/aromatic N) is 1. The van der Waals surface area contributed by atoms with Crippen LogP contribution in [-0.4, -0.2) is 37.4 Å². The summed E-state index contributed by atoms with van der Waals surface area (Å²) in [6.07, 6.45) is 0. The van der Waals surface area contributed by atoms with Gasteiger partial charge in [0.05, 0.1) is 13.2 Å². The fourth-order valence-corrected chi connectivity index (χ4v) is 3.12.